The lowest BCUT2D eigenvalue weighted by molar-refractivity contribution is 0.0948. The zero-order valence-corrected chi connectivity index (χ0v) is 17.2. The van der Waals surface area contributed by atoms with Crippen molar-refractivity contribution >= 4 is 5.91 Å². The first-order valence-corrected chi connectivity index (χ1v) is 10.7. The van der Waals surface area contributed by atoms with Crippen LogP contribution in [0.1, 0.15) is 92.7 Å². The molecule has 0 aliphatic heterocycles. The number of unbranched alkanes of at least 4 members (excludes halogenated alkanes) is 8. The number of carbonyl (C=O) groups is 1. The molecule has 1 atom stereocenters. The first kappa shape index (κ1) is 22.2. The first-order valence-electron chi connectivity index (χ1n) is 10.7. The molecule has 0 spiro atoms. The maximum atomic E-state index is 12.2. The van der Waals surface area contributed by atoms with E-state index in [4.69, 9.17) is 10.2 Å². The summed E-state index contributed by atoms with van der Waals surface area (Å²) >= 11 is 0. The van der Waals surface area contributed by atoms with Crippen LogP contribution in [0.15, 0.2) is 41.0 Å². The van der Waals surface area contributed by atoms with Gasteiger partial charge in [-0.15, -0.1) is 0 Å². The van der Waals surface area contributed by atoms with Crippen LogP contribution in [-0.4, -0.2) is 17.4 Å². The van der Waals surface area contributed by atoms with Gasteiger partial charge in [0, 0.05) is 6.54 Å². The standard InChI is InChI=1S/C23H35N3O2/c1-2-3-4-5-6-7-8-9-13-16-25-22(27)21-18-28-23(26-21)20(24)17-19-14-11-10-12-15-19/h10-12,14-15,18,20H,2-9,13,16-17,24H2,1H3,(H,25,27). The smallest absolute Gasteiger partial charge is 0.273 e. The van der Waals surface area contributed by atoms with Crippen molar-refractivity contribution in [3.63, 3.8) is 0 Å². The highest BCUT2D eigenvalue weighted by molar-refractivity contribution is 5.91. The van der Waals surface area contributed by atoms with E-state index in [1.54, 1.807) is 0 Å². The number of benzene rings is 1. The summed E-state index contributed by atoms with van der Waals surface area (Å²) in [6, 6.07) is 9.59. The minimum atomic E-state index is -0.360. The van der Waals surface area contributed by atoms with Crippen molar-refractivity contribution in [3.8, 4) is 0 Å². The molecule has 1 aromatic heterocycles. The Labute approximate surface area is 169 Å². The summed E-state index contributed by atoms with van der Waals surface area (Å²) in [5, 5.41) is 2.92. The summed E-state index contributed by atoms with van der Waals surface area (Å²) < 4.78 is 5.42. The van der Waals surface area contributed by atoms with E-state index in [0.717, 1.165) is 18.4 Å². The van der Waals surface area contributed by atoms with Gasteiger partial charge >= 0.3 is 0 Å². The summed E-state index contributed by atoms with van der Waals surface area (Å²) in [5.41, 5.74) is 7.57. The van der Waals surface area contributed by atoms with Crippen molar-refractivity contribution in [3.05, 3.63) is 53.7 Å². The number of aromatic nitrogens is 1. The highest BCUT2D eigenvalue weighted by atomic mass is 16.3. The Hall–Kier alpha value is -2.14. The van der Waals surface area contributed by atoms with Gasteiger partial charge in [-0.25, -0.2) is 4.98 Å². The highest BCUT2D eigenvalue weighted by Gasteiger charge is 2.17. The first-order chi connectivity index (χ1) is 13.7. The van der Waals surface area contributed by atoms with Gasteiger partial charge in [-0.1, -0.05) is 88.6 Å². The topological polar surface area (TPSA) is 81.2 Å². The second-order valence-electron chi connectivity index (χ2n) is 7.45. The van der Waals surface area contributed by atoms with E-state index < -0.39 is 0 Å². The molecule has 0 saturated carbocycles. The molecule has 5 heteroatoms. The highest BCUT2D eigenvalue weighted by Crippen LogP contribution is 2.16. The summed E-state index contributed by atoms with van der Waals surface area (Å²) in [4.78, 5) is 16.5. The van der Waals surface area contributed by atoms with Crippen molar-refractivity contribution < 1.29 is 9.21 Å². The molecule has 0 radical (unpaired) electrons. The van der Waals surface area contributed by atoms with Crippen LogP contribution in [0, 0.1) is 0 Å². The number of hydrogen-bond acceptors (Lipinski definition) is 4. The van der Waals surface area contributed by atoms with Crippen LogP contribution in [0.3, 0.4) is 0 Å². The van der Waals surface area contributed by atoms with Gasteiger partial charge < -0.3 is 15.5 Å². The van der Waals surface area contributed by atoms with Crippen molar-refractivity contribution in [1.29, 1.82) is 0 Å². The van der Waals surface area contributed by atoms with Gasteiger partial charge in [0.25, 0.3) is 5.91 Å². The van der Waals surface area contributed by atoms with Gasteiger partial charge in [0.15, 0.2) is 5.69 Å². The molecule has 0 fully saturated rings. The summed E-state index contributed by atoms with van der Waals surface area (Å²) in [7, 11) is 0. The molecule has 2 rings (SSSR count). The average Bonchev–Trinajstić information content (AvgIpc) is 3.20. The predicted molar refractivity (Wildman–Crippen MR) is 113 cm³/mol. The molecule has 0 aliphatic rings. The third-order valence-electron chi connectivity index (χ3n) is 4.94. The van der Waals surface area contributed by atoms with Crippen molar-refractivity contribution in [2.24, 2.45) is 5.73 Å². The lowest BCUT2D eigenvalue weighted by atomic mass is 10.1. The Kier molecular flexibility index (Phi) is 10.4. The zero-order valence-electron chi connectivity index (χ0n) is 17.2. The van der Waals surface area contributed by atoms with Crippen LogP contribution < -0.4 is 11.1 Å². The maximum Gasteiger partial charge on any atom is 0.273 e. The number of oxazole rings is 1. The average molecular weight is 386 g/mol. The number of nitrogens with zero attached hydrogens (tertiary/aromatic N) is 1. The molecule has 0 aliphatic carbocycles. The van der Waals surface area contributed by atoms with E-state index in [2.05, 4.69) is 17.2 Å². The summed E-state index contributed by atoms with van der Waals surface area (Å²) in [6.45, 7) is 2.92. The number of amides is 1. The SMILES string of the molecule is CCCCCCCCCCCNC(=O)c1coc(C(N)Cc2ccccc2)n1. The van der Waals surface area contributed by atoms with E-state index >= 15 is 0 Å². The number of carbonyl (C=O) groups excluding carboxylic acids is 1. The third-order valence-corrected chi connectivity index (χ3v) is 4.94. The Morgan fingerprint density at radius 1 is 1.04 bits per heavy atom. The second kappa shape index (κ2) is 13.1. The predicted octanol–water partition coefficient (Wildman–Crippen LogP) is 5.18. The van der Waals surface area contributed by atoms with Crippen LogP contribution in [-0.2, 0) is 6.42 Å². The monoisotopic (exact) mass is 385 g/mol. The molecule has 1 unspecified atom stereocenters. The fourth-order valence-electron chi connectivity index (χ4n) is 3.25. The Morgan fingerprint density at radius 2 is 1.68 bits per heavy atom. The van der Waals surface area contributed by atoms with Crippen LogP contribution in [0.4, 0.5) is 0 Å². The molecular weight excluding hydrogens is 350 g/mol. The van der Waals surface area contributed by atoms with Gasteiger partial charge in [0.1, 0.15) is 6.26 Å². The fraction of sp³-hybridized carbons (Fsp3) is 0.565. The number of nitrogens with two attached hydrogens (primary N) is 1. The number of rotatable bonds is 14. The molecule has 3 N–H and O–H groups in total. The van der Waals surface area contributed by atoms with Crippen molar-refractivity contribution in [2.75, 3.05) is 6.54 Å². The Balaban J connectivity index is 1.60. The molecule has 28 heavy (non-hydrogen) atoms. The van der Waals surface area contributed by atoms with E-state index in [-0.39, 0.29) is 11.9 Å². The third kappa shape index (κ3) is 8.26. The van der Waals surface area contributed by atoms with Crippen LogP contribution in [0.2, 0.25) is 0 Å². The molecule has 0 saturated heterocycles. The second-order valence-corrected chi connectivity index (χ2v) is 7.45. The van der Waals surface area contributed by atoms with Gasteiger partial charge in [-0.05, 0) is 18.4 Å². The molecule has 1 amide bonds. The number of nitrogens with one attached hydrogen (secondary N) is 1. The molecule has 1 aromatic carbocycles. The Morgan fingerprint density at radius 3 is 2.36 bits per heavy atom. The van der Waals surface area contributed by atoms with Gasteiger partial charge in [-0.3, -0.25) is 4.79 Å². The van der Waals surface area contributed by atoms with Crippen LogP contribution >= 0.6 is 0 Å². The minimum Gasteiger partial charge on any atom is -0.446 e. The zero-order chi connectivity index (χ0) is 20.0. The molecule has 1 heterocycles. The van der Waals surface area contributed by atoms with E-state index in [1.165, 1.54) is 51.2 Å². The Bertz CT molecular complexity index is 669. The molecule has 0 bridgehead atoms. The van der Waals surface area contributed by atoms with Crippen LogP contribution in [0.25, 0.3) is 0 Å². The lowest BCUT2D eigenvalue weighted by Crippen LogP contribution is -2.25. The molecule has 154 valence electrons. The van der Waals surface area contributed by atoms with Gasteiger partial charge in [-0.2, -0.15) is 0 Å². The quantitative estimate of drug-likeness (QED) is 0.439. The van der Waals surface area contributed by atoms with E-state index in [0.29, 0.717) is 24.6 Å². The van der Waals surface area contributed by atoms with Crippen molar-refractivity contribution in [1.82, 2.24) is 10.3 Å². The fourth-order valence-corrected chi connectivity index (χ4v) is 3.25. The van der Waals surface area contributed by atoms with Gasteiger partial charge in [0.05, 0.1) is 6.04 Å². The van der Waals surface area contributed by atoms with Crippen molar-refractivity contribution in [2.45, 2.75) is 77.2 Å². The molecule has 5 nitrogen and oxygen atoms in total. The van der Waals surface area contributed by atoms with E-state index in [1.807, 2.05) is 30.3 Å². The van der Waals surface area contributed by atoms with Gasteiger partial charge in [0.2, 0.25) is 5.89 Å². The lowest BCUT2D eigenvalue weighted by Gasteiger charge is -2.07. The number of hydrogen-bond donors (Lipinski definition) is 2. The minimum absolute atomic E-state index is 0.193. The van der Waals surface area contributed by atoms with Crippen LogP contribution in [0.5, 0.6) is 0 Å². The normalized spacial score (nSPS) is 12.1. The largest absolute Gasteiger partial charge is 0.446 e. The maximum absolute atomic E-state index is 12.2. The summed E-state index contributed by atoms with van der Waals surface area (Å²) in [6.07, 6.45) is 13.4. The summed E-state index contributed by atoms with van der Waals surface area (Å²) in [5.74, 6) is 0.207. The molecule has 2 aromatic rings. The molecular formula is C23H35N3O2. The van der Waals surface area contributed by atoms with E-state index in [9.17, 15) is 4.79 Å².